The molecule has 6 nitrogen and oxygen atoms in total. The summed E-state index contributed by atoms with van der Waals surface area (Å²) in [6.07, 6.45) is 3.83. The maximum atomic E-state index is 12.6. The average molecular weight is 381 g/mol. The van der Waals surface area contributed by atoms with Gasteiger partial charge in [-0.2, -0.15) is 0 Å². The third-order valence-corrected chi connectivity index (χ3v) is 4.87. The van der Waals surface area contributed by atoms with Gasteiger partial charge in [-0.3, -0.25) is 14.6 Å². The van der Waals surface area contributed by atoms with Gasteiger partial charge in [0.25, 0.3) is 5.91 Å². The minimum Gasteiger partial charge on any atom is -0.351 e. The van der Waals surface area contributed by atoms with Gasteiger partial charge in [-0.25, -0.2) is 0 Å². The van der Waals surface area contributed by atoms with Crippen LogP contribution in [0.4, 0.5) is 0 Å². The molecule has 2 aromatic rings. The van der Waals surface area contributed by atoms with Crippen LogP contribution < -0.4 is 10.6 Å². The van der Waals surface area contributed by atoms with E-state index in [4.69, 9.17) is 0 Å². The Kier molecular flexibility index (Phi) is 7.36. The molecular weight excluding hydrogens is 360 g/mol. The maximum Gasteiger partial charge on any atom is 0.261 e. The lowest BCUT2D eigenvalue weighted by molar-refractivity contribution is -0.134. The molecule has 0 saturated carbocycles. The van der Waals surface area contributed by atoms with Crippen molar-refractivity contribution in [1.29, 1.82) is 0 Å². The Morgan fingerprint density at radius 1 is 1.36 bits per heavy atom. The van der Waals surface area contributed by atoms with E-state index < -0.39 is 0 Å². The lowest BCUT2D eigenvalue weighted by atomic mass is 10.0. The summed E-state index contributed by atoms with van der Waals surface area (Å²) in [7, 11) is 0. The molecule has 2 N–H and O–H groups in total. The lowest BCUT2D eigenvalue weighted by Gasteiger charge is -2.36. The van der Waals surface area contributed by atoms with Crippen LogP contribution in [-0.4, -0.2) is 47.9 Å². The first kappa shape index (κ1) is 19.4. The second kappa shape index (κ2) is 9.50. The number of halogens is 1. The Morgan fingerprint density at radius 3 is 2.96 bits per heavy atom. The molecule has 1 unspecified atom stereocenters. The van der Waals surface area contributed by atoms with Crippen LogP contribution in [0.15, 0.2) is 42.0 Å². The molecule has 1 aliphatic heterocycles. The van der Waals surface area contributed by atoms with Crippen LogP contribution in [0, 0.1) is 0 Å². The summed E-state index contributed by atoms with van der Waals surface area (Å²) < 4.78 is 0. The van der Waals surface area contributed by atoms with Gasteiger partial charge in [-0.1, -0.05) is 12.1 Å². The summed E-state index contributed by atoms with van der Waals surface area (Å²) in [5.74, 6) is -0.0706. The van der Waals surface area contributed by atoms with Gasteiger partial charge in [0.1, 0.15) is 0 Å². The first-order valence-electron chi connectivity index (χ1n) is 7.97. The highest BCUT2D eigenvalue weighted by Crippen LogP contribution is 2.22. The smallest absolute Gasteiger partial charge is 0.261 e. The zero-order valence-corrected chi connectivity index (χ0v) is 15.3. The van der Waals surface area contributed by atoms with Crippen molar-refractivity contribution >= 4 is 35.6 Å². The van der Waals surface area contributed by atoms with Crippen molar-refractivity contribution in [1.82, 2.24) is 20.5 Å². The summed E-state index contributed by atoms with van der Waals surface area (Å²) in [6.45, 7) is 2.51. The number of hydrogen-bond donors (Lipinski definition) is 2. The monoisotopic (exact) mass is 380 g/mol. The Morgan fingerprint density at radius 2 is 2.24 bits per heavy atom. The van der Waals surface area contributed by atoms with Gasteiger partial charge >= 0.3 is 0 Å². The van der Waals surface area contributed by atoms with E-state index in [0.717, 1.165) is 18.7 Å². The lowest BCUT2D eigenvalue weighted by Crippen LogP contribution is -2.49. The Bertz CT molecular complexity index is 681. The standard InChI is InChI=1S/C17H20N4O2S.ClH/c22-16(5-7-20-17(23)15-4-2-10-24-15)21-9-8-19-12-14(21)13-3-1-6-18-11-13;/h1-4,6,10-11,14,19H,5,7-9,12H2,(H,20,23);1H. The molecule has 134 valence electrons. The van der Waals surface area contributed by atoms with Crippen LogP contribution in [0.2, 0.25) is 0 Å². The summed E-state index contributed by atoms with van der Waals surface area (Å²) >= 11 is 1.39. The van der Waals surface area contributed by atoms with Gasteiger partial charge in [0, 0.05) is 45.0 Å². The first-order chi connectivity index (χ1) is 11.8. The van der Waals surface area contributed by atoms with Crippen molar-refractivity contribution in [3.05, 3.63) is 52.5 Å². The van der Waals surface area contributed by atoms with Crippen molar-refractivity contribution in [2.24, 2.45) is 0 Å². The number of pyridine rings is 1. The fraction of sp³-hybridized carbons (Fsp3) is 0.353. The van der Waals surface area contributed by atoms with Crippen LogP contribution >= 0.6 is 23.7 Å². The molecule has 25 heavy (non-hydrogen) atoms. The number of aromatic nitrogens is 1. The molecule has 0 aromatic carbocycles. The second-order valence-electron chi connectivity index (χ2n) is 5.58. The van der Waals surface area contributed by atoms with Crippen molar-refractivity contribution in [2.45, 2.75) is 12.5 Å². The summed E-state index contributed by atoms with van der Waals surface area (Å²) in [5.41, 5.74) is 1.03. The predicted molar refractivity (Wildman–Crippen MR) is 100 cm³/mol. The van der Waals surface area contributed by atoms with E-state index in [0.29, 0.717) is 24.4 Å². The highest BCUT2D eigenvalue weighted by molar-refractivity contribution is 7.12. The van der Waals surface area contributed by atoms with Gasteiger partial charge < -0.3 is 15.5 Å². The fourth-order valence-corrected chi connectivity index (χ4v) is 3.44. The quantitative estimate of drug-likeness (QED) is 0.830. The van der Waals surface area contributed by atoms with Crippen molar-refractivity contribution in [3.8, 4) is 0 Å². The fourth-order valence-electron chi connectivity index (χ4n) is 2.80. The van der Waals surface area contributed by atoms with Crippen LogP contribution in [-0.2, 0) is 4.79 Å². The zero-order valence-electron chi connectivity index (χ0n) is 13.7. The van der Waals surface area contributed by atoms with E-state index >= 15 is 0 Å². The summed E-state index contributed by atoms with van der Waals surface area (Å²) in [6, 6.07) is 7.48. The van der Waals surface area contributed by atoms with E-state index in [9.17, 15) is 9.59 Å². The highest BCUT2D eigenvalue weighted by Gasteiger charge is 2.27. The summed E-state index contributed by atoms with van der Waals surface area (Å²) in [5, 5.41) is 7.99. The molecule has 3 heterocycles. The Hall–Kier alpha value is -1.96. The molecule has 0 spiro atoms. The number of nitrogens with zero attached hydrogens (tertiary/aromatic N) is 2. The van der Waals surface area contributed by atoms with Crippen molar-refractivity contribution in [2.75, 3.05) is 26.2 Å². The van der Waals surface area contributed by atoms with Gasteiger partial charge in [0.05, 0.1) is 10.9 Å². The van der Waals surface area contributed by atoms with Gasteiger partial charge in [0.15, 0.2) is 0 Å². The van der Waals surface area contributed by atoms with E-state index in [2.05, 4.69) is 15.6 Å². The molecule has 0 radical (unpaired) electrons. The molecule has 1 saturated heterocycles. The predicted octanol–water partition coefficient (Wildman–Crippen LogP) is 1.86. The number of carbonyl (C=O) groups is 2. The number of carbonyl (C=O) groups excluding carboxylic acids is 2. The molecule has 1 fully saturated rings. The number of amides is 2. The van der Waals surface area contributed by atoms with Gasteiger partial charge in [-0.05, 0) is 23.1 Å². The molecule has 8 heteroatoms. The van der Waals surface area contributed by atoms with Crippen molar-refractivity contribution < 1.29 is 9.59 Å². The normalized spacial score (nSPS) is 16.8. The molecule has 1 atom stereocenters. The molecular formula is C17H21ClN4O2S. The Balaban J connectivity index is 0.00000225. The van der Waals surface area contributed by atoms with Gasteiger partial charge in [-0.15, -0.1) is 23.7 Å². The topological polar surface area (TPSA) is 74.3 Å². The number of piperazine rings is 1. The molecule has 0 bridgehead atoms. The van der Waals surface area contributed by atoms with Crippen molar-refractivity contribution in [3.63, 3.8) is 0 Å². The van der Waals surface area contributed by atoms with E-state index in [1.165, 1.54) is 11.3 Å². The average Bonchev–Trinajstić information content (AvgIpc) is 3.17. The first-order valence-corrected chi connectivity index (χ1v) is 8.85. The molecule has 2 amide bonds. The van der Waals surface area contributed by atoms with Crippen LogP contribution in [0.3, 0.4) is 0 Å². The maximum absolute atomic E-state index is 12.6. The third kappa shape index (κ3) is 5.01. The Labute approximate surface area is 157 Å². The minimum absolute atomic E-state index is 0. The largest absolute Gasteiger partial charge is 0.351 e. The van der Waals surface area contributed by atoms with Crippen LogP contribution in [0.1, 0.15) is 27.7 Å². The van der Waals surface area contributed by atoms with Crippen LogP contribution in [0.25, 0.3) is 0 Å². The number of nitrogens with one attached hydrogen (secondary N) is 2. The third-order valence-electron chi connectivity index (χ3n) is 4.00. The van der Waals surface area contributed by atoms with E-state index in [1.807, 2.05) is 28.5 Å². The summed E-state index contributed by atoms with van der Waals surface area (Å²) in [4.78, 5) is 31.2. The minimum atomic E-state index is -0.123. The van der Waals surface area contributed by atoms with Gasteiger partial charge in [0.2, 0.25) is 5.91 Å². The molecule has 3 rings (SSSR count). The SMILES string of the molecule is Cl.O=C(NCCC(=O)N1CCNCC1c1cccnc1)c1cccs1. The number of hydrogen-bond acceptors (Lipinski definition) is 5. The number of rotatable bonds is 5. The highest BCUT2D eigenvalue weighted by atomic mass is 35.5. The zero-order chi connectivity index (χ0) is 16.8. The molecule has 1 aliphatic rings. The second-order valence-corrected chi connectivity index (χ2v) is 6.52. The van der Waals surface area contributed by atoms with E-state index in [-0.39, 0.29) is 30.3 Å². The number of thiophene rings is 1. The molecule has 0 aliphatic carbocycles. The molecule has 2 aromatic heterocycles. The van der Waals surface area contributed by atoms with E-state index in [1.54, 1.807) is 18.5 Å². The van der Waals surface area contributed by atoms with Crippen LogP contribution in [0.5, 0.6) is 0 Å².